The van der Waals surface area contributed by atoms with Gasteiger partial charge in [-0.1, -0.05) is 11.6 Å². The standard InChI is InChI=1S/C14H18ClFN4O/c15-11-7-9(1-2-12(11)16)19-10-3-4-17-13(8-10)20-6-5-18-14(20)21/h1-2,7,10,13,17,19H,3-6,8H2,(H,18,21). The number of rotatable bonds is 3. The molecule has 3 N–H and O–H groups in total. The maximum Gasteiger partial charge on any atom is 0.318 e. The SMILES string of the molecule is O=C1NCCN1C1CC(Nc2ccc(F)c(Cl)c2)CCN1. The predicted octanol–water partition coefficient (Wildman–Crippen LogP) is 1.99. The second-order valence-corrected chi connectivity index (χ2v) is 5.80. The summed E-state index contributed by atoms with van der Waals surface area (Å²) < 4.78 is 13.2. The number of halogens is 2. The fourth-order valence-corrected chi connectivity index (χ4v) is 3.05. The average molecular weight is 313 g/mol. The first-order valence-electron chi connectivity index (χ1n) is 7.13. The van der Waals surface area contributed by atoms with Crippen molar-refractivity contribution in [1.29, 1.82) is 0 Å². The van der Waals surface area contributed by atoms with E-state index < -0.39 is 5.82 Å². The van der Waals surface area contributed by atoms with Crippen LogP contribution in [0.1, 0.15) is 12.8 Å². The van der Waals surface area contributed by atoms with E-state index in [1.54, 1.807) is 12.1 Å². The fraction of sp³-hybridized carbons (Fsp3) is 0.500. The lowest BCUT2D eigenvalue weighted by molar-refractivity contribution is 0.164. The molecule has 7 heteroatoms. The van der Waals surface area contributed by atoms with Crippen molar-refractivity contribution in [3.05, 3.63) is 29.0 Å². The number of anilines is 1. The molecule has 1 aromatic carbocycles. The molecule has 2 saturated heterocycles. The Balaban J connectivity index is 1.63. The molecule has 21 heavy (non-hydrogen) atoms. The molecule has 0 aromatic heterocycles. The van der Waals surface area contributed by atoms with Crippen LogP contribution in [0, 0.1) is 5.82 Å². The molecule has 0 spiro atoms. The number of nitrogens with zero attached hydrogens (tertiary/aromatic N) is 1. The van der Waals surface area contributed by atoms with E-state index in [-0.39, 0.29) is 23.3 Å². The molecule has 2 amide bonds. The normalized spacial score (nSPS) is 25.8. The smallest absolute Gasteiger partial charge is 0.318 e. The molecule has 2 aliphatic heterocycles. The largest absolute Gasteiger partial charge is 0.382 e. The van der Waals surface area contributed by atoms with Crippen molar-refractivity contribution < 1.29 is 9.18 Å². The van der Waals surface area contributed by atoms with Crippen LogP contribution in [0.15, 0.2) is 18.2 Å². The van der Waals surface area contributed by atoms with E-state index in [1.165, 1.54) is 6.07 Å². The number of piperidine rings is 1. The van der Waals surface area contributed by atoms with E-state index in [0.29, 0.717) is 6.54 Å². The second-order valence-electron chi connectivity index (χ2n) is 5.39. The van der Waals surface area contributed by atoms with Crippen molar-refractivity contribution in [2.24, 2.45) is 0 Å². The van der Waals surface area contributed by atoms with E-state index in [2.05, 4.69) is 16.0 Å². The molecule has 2 atom stereocenters. The van der Waals surface area contributed by atoms with Crippen molar-refractivity contribution in [3.8, 4) is 0 Å². The van der Waals surface area contributed by atoms with Crippen LogP contribution in [-0.2, 0) is 0 Å². The summed E-state index contributed by atoms with van der Waals surface area (Å²) in [7, 11) is 0. The molecule has 2 fully saturated rings. The minimum atomic E-state index is -0.417. The highest BCUT2D eigenvalue weighted by Crippen LogP contribution is 2.23. The van der Waals surface area contributed by atoms with E-state index in [4.69, 9.17) is 11.6 Å². The summed E-state index contributed by atoms with van der Waals surface area (Å²) in [5.74, 6) is -0.417. The summed E-state index contributed by atoms with van der Waals surface area (Å²) in [6.45, 7) is 2.26. The van der Waals surface area contributed by atoms with Crippen LogP contribution in [0.4, 0.5) is 14.9 Å². The zero-order chi connectivity index (χ0) is 14.8. The van der Waals surface area contributed by atoms with Crippen LogP contribution in [0.25, 0.3) is 0 Å². The molecule has 0 saturated carbocycles. The van der Waals surface area contributed by atoms with E-state index in [1.807, 2.05) is 4.90 Å². The van der Waals surface area contributed by atoms with Crippen molar-refractivity contribution in [2.45, 2.75) is 25.0 Å². The van der Waals surface area contributed by atoms with Gasteiger partial charge in [0.1, 0.15) is 5.82 Å². The summed E-state index contributed by atoms with van der Waals surface area (Å²) in [5, 5.41) is 9.66. The number of benzene rings is 1. The van der Waals surface area contributed by atoms with Gasteiger partial charge in [0.2, 0.25) is 0 Å². The topological polar surface area (TPSA) is 56.4 Å². The first-order valence-corrected chi connectivity index (χ1v) is 7.51. The number of hydrogen-bond acceptors (Lipinski definition) is 3. The highest BCUT2D eigenvalue weighted by molar-refractivity contribution is 6.31. The van der Waals surface area contributed by atoms with Crippen LogP contribution in [0.3, 0.4) is 0 Å². The third-order valence-corrected chi connectivity index (χ3v) is 4.23. The quantitative estimate of drug-likeness (QED) is 0.800. The Hall–Kier alpha value is -1.53. The number of hydrogen-bond donors (Lipinski definition) is 3. The highest BCUT2D eigenvalue weighted by atomic mass is 35.5. The van der Waals surface area contributed by atoms with Gasteiger partial charge in [0.25, 0.3) is 0 Å². The van der Waals surface area contributed by atoms with Crippen LogP contribution in [-0.4, -0.2) is 42.8 Å². The van der Waals surface area contributed by atoms with Crippen molar-refractivity contribution in [1.82, 2.24) is 15.5 Å². The van der Waals surface area contributed by atoms with Gasteiger partial charge in [-0.15, -0.1) is 0 Å². The third kappa shape index (κ3) is 3.22. The number of urea groups is 1. The highest BCUT2D eigenvalue weighted by Gasteiger charge is 2.31. The molecule has 0 radical (unpaired) electrons. The van der Waals surface area contributed by atoms with E-state index >= 15 is 0 Å². The minimum absolute atomic E-state index is 0.0158. The fourth-order valence-electron chi connectivity index (χ4n) is 2.87. The Morgan fingerprint density at radius 2 is 2.24 bits per heavy atom. The van der Waals surface area contributed by atoms with Crippen LogP contribution < -0.4 is 16.0 Å². The van der Waals surface area contributed by atoms with Crippen molar-refractivity contribution >= 4 is 23.3 Å². The Bertz CT molecular complexity index is 542. The molecule has 1 aromatic rings. The number of nitrogens with one attached hydrogen (secondary N) is 3. The maximum absolute atomic E-state index is 13.2. The van der Waals surface area contributed by atoms with Crippen molar-refractivity contribution in [2.75, 3.05) is 25.0 Å². The zero-order valence-electron chi connectivity index (χ0n) is 11.5. The van der Waals surface area contributed by atoms with E-state index in [9.17, 15) is 9.18 Å². The predicted molar refractivity (Wildman–Crippen MR) is 80.0 cm³/mol. The Kier molecular flexibility index (Phi) is 4.17. The number of carbonyl (C=O) groups excluding carboxylic acids is 1. The maximum atomic E-state index is 13.2. The van der Waals surface area contributed by atoms with Gasteiger partial charge < -0.3 is 15.5 Å². The van der Waals surface area contributed by atoms with Crippen molar-refractivity contribution in [3.63, 3.8) is 0 Å². The summed E-state index contributed by atoms with van der Waals surface area (Å²) in [6, 6.07) is 4.85. The Morgan fingerprint density at radius 1 is 1.38 bits per heavy atom. The first kappa shape index (κ1) is 14.4. The molecule has 0 aliphatic carbocycles. The minimum Gasteiger partial charge on any atom is -0.382 e. The molecule has 2 heterocycles. The van der Waals surface area contributed by atoms with Crippen LogP contribution in [0.5, 0.6) is 0 Å². The summed E-state index contributed by atoms with van der Waals surface area (Å²) >= 11 is 5.79. The molecule has 3 rings (SSSR count). The lowest BCUT2D eigenvalue weighted by atomic mass is 10.0. The lowest BCUT2D eigenvalue weighted by Gasteiger charge is -2.36. The summed E-state index contributed by atoms with van der Waals surface area (Å²) in [6.07, 6.45) is 1.79. The van der Waals surface area contributed by atoms with Crippen LogP contribution >= 0.6 is 11.6 Å². The summed E-state index contributed by atoms with van der Waals surface area (Å²) in [5.41, 5.74) is 0.804. The van der Waals surface area contributed by atoms with E-state index in [0.717, 1.165) is 31.6 Å². The Labute approximate surface area is 127 Å². The first-order chi connectivity index (χ1) is 10.1. The van der Waals surface area contributed by atoms with Gasteiger partial charge in [-0.2, -0.15) is 0 Å². The average Bonchev–Trinajstić information content (AvgIpc) is 2.89. The van der Waals surface area contributed by atoms with Gasteiger partial charge in [0.05, 0.1) is 11.2 Å². The molecule has 2 unspecified atom stereocenters. The number of amides is 2. The lowest BCUT2D eigenvalue weighted by Crippen LogP contribution is -2.53. The Morgan fingerprint density at radius 3 is 2.95 bits per heavy atom. The van der Waals surface area contributed by atoms with Gasteiger partial charge >= 0.3 is 6.03 Å². The summed E-state index contributed by atoms with van der Waals surface area (Å²) in [4.78, 5) is 13.5. The van der Waals surface area contributed by atoms with Gasteiger partial charge in [-0.25, -0.2) is 9.18 Å². The van der Waals surface area contributed by atoms with Gasteiger partial charge in [-0.3, -0.25) is 5.32 Å². The van der Waals surface area contributed by atoms with Crippen LogP contribution in [0.2, 0.25) is 5.02 Å². The monoisotopic (exact) mass is 312 g/mol. The molecule has 2 aliphatic rings. The molecular formula is C14H18ClFN4O. The molecule has 5 nitrogen and oxygen atoms in total. The zero-order valence-corrected chi connectivity index (χ0v) is 12.3. The molecule has 0 bridgehead atoms. The van der Waals surface area contributed by atoms with Gasteiger partial charge in [-0.05, 0) is 31.2 Å². The van der Waals surface area contributed by atoms with Gasteiger partial charge in [0, 0.05) is 31.2 Å². The second kappa shape index (κ2) is 6.07. The third-order valence-electron chi connectivity index (χ3n) is 3.94. The number of carbonyl (C=O) groups is 1. The molecular weight excluding hydrogens is 295 g/mol. The molecule has 114 valence electrons. The van der Waals surface area contributed by atoms with Gasteiger partial charge in [0.15, 0.2) is 0 Å².